The molecule has 2 aromatic carbocycles. The number of rotatable bonds is 5. The number of furan rings is 1. The molecule has 5 rings (SSSR count). The van der Waals surface area contributed by atoms with Gasteiger partial charge in [0.2, 0.25) is 0 Å². The largest absolute Gasteiger partial charge is 0.508 e. The maximum Gasteiger partial charge on any atom is 0.187 e. The highest BCUT2D eigenvalue weighted by Gasteiger charge is 2.48. The second-order valence-electron chi connectivity index (χ2n) is 9.58. The van der Waals surface area contributed by atoms with Crippen LogP contribution in [0.25, 0.3) is 22.3 Å². The monoisotopic (exact) mass is 488 g/mol. The molecule has 6 N–H and O–H groups in total. The minimum absolute atomic E-state index is 0.0734. The molecule has 2 aliphatic rings. The van der Waals surface area contributed by atoms with Crippen LogP contribution in [0.15, 0.2) is 40.8 Å². The van der Waals surface area contributed by atoms with Gasteiger partial charge in [-0.15, -0.1) is 0 Å². The van der Waals surface area contributed by atoms with Crippen molar-refractivity contribution in [3.63, 3.8) is 0 Å². The van der Waals surface area contributed by atoms with E-state index in [4.69, 9.17) is 18.6 Å². The second-order valence-corrected chi connectivity index (χ2v) is 9.58. The molecule has 3 heterocycles. The summed E-state index contributed by atoms with van der Waals surface area (Å²) in [5.74, 6) is 0.942. The smallest absolute Gasteiger partial charge is 0.187 e. The number of aromatic hydroxyl groups is 2. The van der Waals surface area contributed by atoms with Crippen LogP contribution in [0, 0.1) is 0 Å². The van der Waals surface area contributed by atoms with Gasteiger partial charge in [-0.05, 0) is 43.7 Å². The van der Waals surface area contributed by atoms with Crippen molar-refractivity contribution in [3.05, 3.63) is 42.0 Å². The van der Waals surface area contributed by atoms with Crippen LogP contribution in [0.5, 0.6) is 17.2 Å². The highest BCUT2D eigenvalue weighted by atomic mass is 16.7. The third kappa shape index (κ3) is 4.33. The van der Waals surface area contributed by atoms with E-state index in [1.54, 1.807) is 19.9 Å². The normalized spacial score (nSPS) is 28.7. The molecule has 0 radical (unpaired) electrons. The molecule has 1 saturated heterocycles. The van der Waals surface area contributed by atoms with Crippen molar-refractivity contribution in [2.45, 2.75) is 62.7 Å². The number of fused-ring (bicyclic) bond motifs is 2. The first-order valence-corrected chi connectivity index (χ1v) is 11.3. The second kappa shape index (κ2) is 8.66. The Labute approximate surface area is 200 Å². The van der Waals surface area contributed by atoms with Gasteiger partial charge < -0.3 is 49.3 Å². The summed E-state index contributed by atoms with van der Waals surface area (Å²) >= 11 is 0. The van der Waals surface area contributed by atoms with Gasteiger partial charge in [0.05, 0.1) is 6.61 Å². The zero-order chi connectivity index (χ0) is 25.1. The van der Waals surface area contributed by atoms with Gasteiger partial charge in [-0.25, -0.2) is 0 Å². The maximum absolute atomic E-state index is 10.3. The van der Waals surface area contributed by atoms with Crippen LogP contribution < -0.4 is 4.74 Å². The molecule has 3 aromatic rings. The number of ether oxygens (including phenoxy) is 3. The van der Waals surface area contributed by atoms with Crippen LogP contribution in [0.3, 0.4) is 0 Å². The Kier molecular flexibility index (Phi) is 5.91. The first kappa shape index (κ1) is 23.9. The molecule has 1 aromatic heterocycles. The van der Waals surface area contributed by atoms with Gasteiger partial charge in [0.1, 0.15) is 64.7 Å². The molecule has 0 saturated carbocycles. The molecule has 35 heavy (non-hydrogen) atoms. The number of aliphatic hydroxyl groups is 4. The summed E-state index contributed by atoms with van der Waals surface area (Å²) in [5, 5.41) is 60.1. The number of hydrogen-bond donors (Lipinski definition) is 6. The van der Waals surface area contributed by atoms with Crippen molar-refractivity contribution in [1.29, 1.82) is 0 Å². The first-order chi connectivity index (χ1) is 16.6. The van der Waals surface area contributed by atoms with Crippen molar-refractivity contribution in [3.8, 4) is 28.6 Å². The lowest BCUT2D eigenvalue weighted by molar-refractivity contribution is -0.329. The van der Waals surface area contributed by atoms with E-state index in [-0.39, 0.29) is 11.5 Å². The molecule has 0 bridgehead atoms. The Bertz CT molecular complexity index is 1170. The number of aliphatic hydroxyl groups excluding tert-OH is 4. The molecule has 10 nitrogen and oxygen atoms in total. The molecule has 10 heteroatoms. The van der Waals surface area contributed by atoms with Crippen LogP contribution >= 0.6 is 0 Å². The zero-order valence-electron chi connectivity index (χ0n) is 19.2. The molecule has 0 spiro atoms. The molecule has 1 fully saturated rings. The molecule has 0 aliphatic carbocycles. The van der Waals surface area contributed by atoms with Gasteiger partial charge in [0.15, 0.2) is 6.29 Å². The van der Waals surface area contributed by atoms with Gasteiger partial charge in [-0.1, -0.05) is 0 Å². The third-order valence-corrected chi connectivity index (χ3v) is 6.60. The summed E-state index contributed by atoms with van der Waals surface area (Å²) in [5.41, 5.74) is 1.04. The summed E-state index contributed by atoms with van der Waals surface area (Å²) < 4.78 is 23.6. The van der Waals surface area contributed by atoms with E-state index in [2.05, 4.69) is 0 Å². The average molecular weight is 488 g/mol. The Balaban J connectivity index is 1.34. The molecule has 2 aliphatic heterocycles. The summed E-state index contributed by atoms with van der Waals surface area (Å²) in [6.45, 7) is 2.99. The first-order valence-electron chi connectivity index (χ1n) is 11.3. The van der Waals surface area contributed by atoms with Crippen molar-refractivity contribution < 1.29 is 49.3 Å². The summed E-state index contributed by atoms with van der Waals surface area (Å²) in [6.07, 6.45) is -6.81. The van der Waals surface area contributed by atoms with Gasteiger partial charge in [0.25, 0.3) is 0 Å². The van der Waals surface area contributed by atoms with E-state index in [9.17, 15) is 30.6 Å². The van der Waals surface area contributed by atoms with E-state index >= 15 is 0 Å². The van der Waals surface area contributed by atoms with Crippen LogP contribution in [0.2, 0.25) is 0 Å². The van der Waals surface area contributed by atoms with E-state index in [1.807, 2.05) is 12.1 Å². The number of phenols is 2. The molecule has 6 atom stereocenters. The van der Waals surface area contributed by atoms with Crippen molar-refractivity contribution in [1.82, 2.24) is 0 Å². The van der Waals surface area contributed by atoms with E-state index in [0.717, 1.165) is 10.9 Å². The highest BCUT2D eigenvalue weighted by molar-refractivity contribution is 5.85. The lowest BCUT2D eigenvalue weighted by atomic mass is 9.95. The summed E-state index contributed by atoms with van der Waals surface area (Å²) in [4.78, 5) is 0. The van der Waals surface area contributed by atoms with Crippen LogP contribution in [0.4, 0.5) is 0 Å². The number of benzene rings is 2. The van der Waals surface area contributed by atoms with Crippen molar-refractivity contribution in [2.24, 2.45) is 0 Å². The minimum atomic E-state index is -1.53. The van der Waals surface area contributed by atoms with Crippen molar-refractivity contribution in [2.75, 3.05) is 6.61 Å². The van der Waals surface area contributed by atoms with Crippen LogP contribution in [0.1, 0.15) is 19.4 Å². The fraction of sp³-hybridized carbons (Fsp3) is 0.440. The van der Waals surface area contributed by atoms with Gasteiger partial charge >= 0.3 is 0 Å². The maximum atomic E-state index is 10.3. The fourth-order valence-electron chi connectivity index (χ4n) is 4.59. The average Bonchev–Trinajstić information content (AvgIpc) is 3.41. The highest BCUT2D eigenvalue weighted by Crippen LogP contribution is 2.41. The molecular formula is C25H28O10. The number of phenolic OH excluding ortho intramolecular Hbond substituents is 2. The third-order valence-electron chi connectivity index (χ3n) is 6.60. The lowest BCUT2D eigenvalue weighted by Gasteiger charge is -2.43. The van der Waals surface area contributed by atoms with Gasteiger partial charge in [-0.2, -0.15) is 0 Å². The van der Waals surface area contributed by atoms with E-state index in [0.29, 0.717) is 29.1 Å². The lowest BCUT2D eigenvalue weighted by Crippen LogP contribution is -2.61. The molecule has 0 amide bonds. The van der Waals surface area contributed by atoms with E-state index in [1.165, 1.54) is 18.2 Å². The van der Waals surface area contributed by atoms with Gasteiger partial charge in [-0.3, -0.25) is 0 Å². The van der Waals surface area contributed by atoms with Gasteiger partial charge in [0, 0.05) is 29.5 Å². The van der Waals surface area contributed by atoms with Crippen LogP contribution in [-0.4, -0.2) is 79.7 Å². The zero-order valence-corrected chi connectivity index (χ0v) is 19.2. The predicted molar refractivity (Wildman–Crippen MR) is 122 cm³/mol. The Hall–Kier alpha value is -2.86. The minimum Gasteiger partial charge on any atom is -0.508 e. The fourth-order valence-corrected chi connectivity index (χ4v) is 4.59. The summed E-state index contributed by atoms with van der Waals surface area (Å²) in [6, 6.07) is 9.74. The van der Waals surface area contributed by atoms with Crippen LogP contribution in [-0.2, 0) is 15.9 Å². The number of hydrogen-bond acceptors (Lipinski definition) is 10. The topological polar surface area (TPSA) is 162 Å². The predicted octanol–water partition coefficient (Wildman–Crippen LogP) is 1.41. The molecular weight excluding hydrogens is 460 g/mol. The standard InChI is InChI=1S/C25H28O10/c1-25(2,35-24-23(31)22(30)21(29)19(10-26)34-24)20-7-12-3-11-6-16(32-17(11)9-18(12)33-20)13-4-14(27)8-15(28)5-13/h3-6,8-9,19-24,26-31H,7,10H2,1-2H3/t19-,20-,21-,22+,23-,24+/m1/s1. The Morgan fingerprint density at radius 2 is 1.66 bits per heavy atom. The van der Waals surface area contributed by atoms with E-state index < -0.39 is 49.0 Å². The molecule has 0 unspecified atom stereocenters. The Morgan fingerprint density at radius 1 is 0.943 bits per heavy atom. The quantitative estimate of drug-likeness (QED) is 0.310. The Morgan fingerprint density at radius 3 is 2.34 bits per heavy atom. The molecule has 188 valence electrons. The van der Waals surface area contributed by atoms with Crippen molar-refractivity contribution >= 4 is 11.0 Å². The SMILES string of the molecule is CC(C)(O[C@@H]1O[C@H](CO)[C@@H](O)[C@H](O)[C@H]1O)[C@H]1Cc2cc3cc(-c4cc(O)cc(O)c4)oc3cc2O1. The summed E-state index contributed by atoms with van der Waals surface area (Å²) in [7, 11) is 0.